The topological polar surface area (TPSA) is 42.4 Å². The molecule has 1 aromatic heterocycles. The zero-order valence-electron chi connectivity index (χ0n) is 10.1. The first-order chi connectivity index (χ1) is 8.16. The van der Waals surface area contributed by atoms with Crippen molar-refractivity contribution in [2.24, 2.45) is 5.92 Å². The van der Waals surface area contributed by atoms with Gasteiger partial charge in [0.2, 0.25) is 0 Å². The minimum atomic E-state index is -0.436. The zero-order valence-corrected chi connectivity index (χ0v) is 10.1. The van der Waals surface area contributed by atoms with Gasteiger partial charge in [-0.25, -0.2) is 0 Å². The predicted octanol–water partition coefficient (Wildman–Crippen LogP) is 2.63. The second-order valence-corrected chi connectivity index (χ2v) is 4.48. The Hall–Kier alpha value is -1.61. The molecule has 0 radical (unpaired) electrons. The number of nitrogens with zero attached hydrogens (tertiary/aromatic N) is 1. The van der Waals surface area contributed by atoms with Crippen molar-refractivity contribution in [3.63, 3.8) is 0 Å². The van der Waals surface area contributed by atoms with Gasteiger partial charge in [0.15, 0.2) is 0 Å². The summed E-state index contributed by atoms with van der Waals surface area (Å²) in [7, 11) is 0. The van der Waals surface area contributed by atoms with Crippen LogP contribution < -0.4 is 4.74 Å². The molecule has 90 valence electrons. The Labute approximate surface area is 101 Å². The van der Waals surface area contributed by atoms with Gasteiger partial charge in [-0.15, -0.1) is 0 Å². The number of benzene rings is 1. The standard InChI is InChI=1S/C14H17NO2/c1-10(2)14(16)9-17-12-6-5-11-4-3-7-15-13(11)8-12/h3-8,10,14,16H,9H2,1-2H3. The van der Waals surface area contributed by atoms with Gasteiger partial charge in [-0.2, -0.15) is 0 Å². The molecule has 0 amide bonds. The molecule has 2 aromatic rings. The molecule has 0 aliphatic carbocycles. The first kappa shape index (κ1) is 11.9. The van der Waals surface area contributed by atoms with Crippen molar-refractivity contribution in [1.82, 2.24) is 4.98 Å². The summed E-state index contributed by atoms with van der Waals surface area (Å²) >= 11 is 0. The number of fused-ring (bicyclic) bond motifs is 1. The molecule has 1 atom stereocenters. The van der Waals surface area contributed by atoms with Gasteiger partial charge >= 0.3 is 0 Å². The van der Waals surface area contributed by atoms with E-state index in [0.29, 0.717) is 6.61 Å². The lowest BCUT2D eigenvalue weighted by atomic mass is 10.1. The lowest BCUT2D eigenvalue weighted by molar-refractivity contribution is 0.0702. The van der Waals surface area contributed by atoms with Gasteiger partial charge in [-0.1, -0.05) is 19.9 Å². The van der Waals surface area contributed by atoms with Crippen molar-refractivity contribution in [1.29, 1.82) is 0 Å². The number of aliphatic hydroxyl groups excluding tert-OH is 1. The summed E-state index contributed by atoms with van der Waals surface area (Å²) in [5, 5.41) is 10.7. The number of pyridine rings is 1. The van der Waals surface area contributed by atoms with Crippen LogP contribution in [0.25, 0.3) is 10.9 Å². The highest BCUT2D eigenvalue weighted by atomic mass is 16.5. The highest BCUT2D eigenvalue weighted by molar-refractivity contribution is 5.79. The summed E-state index contributed by atoms with van der Waals surface area (Å²) < 4.78 is 5.55. The zero-order chi connectivity index (χ0) is 12.3. The third kappa shape index (κ3) is 2.94. The summed E-state index contributed by atoms with van der Waals surface area (Å²) in [6, 6.07) is 9.68. The van der Waals surface area contributed by atoms with Crippen molar-refractivity contribution in [3.05, 3.63) is 36.5 Å². The summed E-state index contributed by atoms with van der Waals surface area (Å²) in [4.78, 5) is 4.26. The Balaban J connectivity index is 2.09. The van der Waals surface area contributed by atoms with Gasteiger partial charge in [0, 0.05) is 17.6 Å². The van der Waals surface area contributed by atoms with E-state index in [1.54, 1.807) is 6.20 Å². The molecule has 1 aromatic carbocycles. The highest BCUT2D eigenvalue weighted by Crippen LogP contribution is 2.19. The second-order valence-electron chi connectivity index (χ2n) is 4.48. The SMILES string of the molecule is CC(C)C(O)COc1ccc2cccnc2c1. The quantitative estimate of drug-likeness (QED) is 0.879. The molecule has 0 spiro atoms. The molecule has 2 rings (SSSR count). The molecule has 0 aliphatic rings. The first-order valence-electron chi connectivity index (χ1n) is 5.82. The molecule has 1 N–H and O–H groups in total. The van der Waals surface area contributed by atoms with Gasteiger partial charge in [-0.05, 0) is 24.1 Å². The van der Waals surface area contributed by atoms with Crippen molar-refractivity contribution >= 4 is 10.9 Å². The van der Waals surface area contributed by atoms with E-state index in [0.717, 1.165) is 16.7 Å². The van der Waals surface area contributed by atoms with Crippen LogP contribution in [0.5, 0.6) is 5.75 Å². The van der Waals surface area contributed by atoms with E-state index < -0.39 is 6.10 Å². The maximum absolute atomic E-state index is 9.66. The van der Waals surface area contributed by atoms with Crippen molar-refractivity contribution in [2.75, 3.05) is 6.61 Å². The van der Waals surface area contributed by atoms with Crippen LogP contribution in [0.1, 0.15) is 13.8 Å². The van der Waals surface area contributed by atoms with E-state index in [1.165, 1.54) is 0 Å². The van der Waals surface area contributed by atoms with Crippen LogP contribution in [0.15, 0.2) is 36.5 Å². The third-order valence-electron chi connectivity index (χ3n) is 2.77. The number of aromatic nitrogens is 1. The summed E-state index contributed by atoms with van der Waals surface area (Å²) in [6.07, 6.45) is 1.32. The monoisotopic (exact) mass is 231 g/mol. The minimum Gasteiger partial charge on any atom is -0.491 e. The maximum atomic E-state index is 9.66. The summed E-state index contributed by atoms with van der Waals surface area (Å²) in [6.45, 7) is 4.25. The summed E-state index contributed by atoms with van der Waals surface area (Å²) in [5.41, 5.74) is 0.907. The van der Waals surface area contributed by atoms with E-state index in [2.05, 4.69) is 4.98 Å². The molecule has 0 saturated carbocycles. The molecule has 0 bridgehead atoms. The molecule has 17 heavy (non-hydrogen) atoms. The van der Waals surface area contributed by atoms with E-state index in [1.807, 2.05) is 44.2 Å². The van der Waals surface area contributed by atoms with Crippen LogP contribution >= 0.6 is 0 Å². The molecule has 3 heteroatoms. The minimum absolute atomic E-state index is 0.202. The largest absolute Gasteiger partial charge is 0.491 e. The fraction of sp³-hybridized carbons (Fsp3) is 0.357. The van der Waals surface area contributed by atoms with Gasteiger partial charge in [0.1, 0.15) is 12.4 Å². The maximum Gasteiger partial charge on any atom is 0.121 e. The number of hydrogen-bond acceptors (Lipinski definition) is 3. The number of rotatable bonds is 4. The fourth-order valence-corrected chi connectivity index (χ4v) is 1.51. The molecule has 3 nitrogen and oxygen atoms in total. The first-order valence-corrected chi connectivity index (χ1v) is 5.82. The van der Waals surface area contributed by atoms with E-state index in [4.69, 9.17) is 4.74 Å². The fourth-order valence-electron chi connectivity index (χ4n) is 1.51. The van der Waals surface area contributed by atoms with Crippen molar-refractivity contribution in [3.8, 4) is 5.75 Å². The van der Waals surface area contributed by atoms with Gasteiger partial charge in [0.25, 0.3) is 0 Å². The smallest absolute Gasteiger partial charge is 0.121 e. The Kier molecular flexibility index (Phi) is 3.59. The van der Waals surface area contributed by atoms with Crippen LogP contribution in [-0.2, 0) is 0 Å². The Morgan fingerprint density at radius 1 is 1.29 bits per heavy atom. The van der Waals surface area contributed by atoms with E-state index in [-0.39, 0.29) is 5.92 Å². The number of hydrogen-bond donors (Lipinski definition) is 1. The van der Waals surface area contributed by atoms with Crippen molar-refractivity contribution < 1.29 is 9.84 Å². The van der Waals surface area contributed by atoms with Gasteiger partial charge in [0.05, 0.1) is 11.6 Å². The number of aliphatic hydroxyl groups is 1. The van der Waals surface area contributed by atoms with Crippen LogP contribution in [0.2, 0.25) is 0 Å². The number of ether oxygens (including phenoxy) is 1. The highest BCUT2D eigenvalue weighted by Gasteiger charge is 2.09. The van der Waals surface area contributed by atoms with E-state index >= 15 is 0 Å². The average Bonchev–Trinajstić information content (AvgIpc) is 2.35. The third-order valence-corrected chi connectivity index (χ3v) is 2.77. The lowest BCUT2D eigenvalue weighted by Gasteiger charge is -2.15. The average molecular weight is 231 g/mol. The second kappa shape index (κ2) is 5.15. The molecule has 0 aliphatic heterocycles. The normalized spacial score (nSPS) is 12.9. The van der Waals surface area contributed by atoms with Gasteiger partial charge < -0.3 is 9.84 Å². The molecular formula is C14H17NO2. The predicted molar refractivity (Wildman–Crippen MR) is 68.1 cm³/mol. The van der Waals surface area contributed by atoms with Crippen molar-refractivity contribution in [2.45, 2.75) is 20.0 Å². The molecule has 1 heterocycles. The Morgan fingerprint density at radius 2 is 2.12 bits per heavy atom. The molecule has 1 unspecified atom stereocenters. The summed E-state index contributed by atoms with van der Waals surface area (Å²) in [5.74, 6) is 0.949. The Morgan fingerprint density at radius 3 is 2.88 bits per heavy atom. The van der Waals surface area contributed by atoms with Gasteiger partial charge in [-0.3, -0.25) is 4.98 Å². The lowest BCUT2D eigenvalue weighted by Crippen LogP contribution is -2.23. The van der Waals surface area contributed by atoms with Crippen LogP contribution in [0.4, 0.5) is 0 Å². The molecule has 0 fully saturated rings. The van der Waals surface area contributed by atoms with Crippen LogP contribution in [-0.4, -0.2) is 22.8 Å². The molecular weight excluding hydrogens is 214 g/mol. The Bertz CT molecular complexity index is 496. The van der Waals surface area contributed by atoms with Crippen LogP contribution in [0, 0.1) is 5.92 Å². The van der Waals surface area contributed by atoms with E-state index in [9.17, 15) is 5.11 Å². The van der Waals surface area contributed by atoms with Crippen LogP contribution in [0.3, 0.4) is 0 Å². The molecule has 0 saturated heterocycles.